The van der Waals surface area contributed by atoms with Gasteiger partial charge in [-0.1, -0.05) is 36.4 Å². The molecule has 4 aromatic carbocycles. The third-order valence-corrected chi connectivity index (χ3v) is 10.2. The lowest BCUT2D eigenvalue weighted by Gasteiger charge is -2.36. The van der Waals surface area contributed by atoms with Crippen molar-refractivity contribution in [3.05, 3.63) is 96.1 Å². The SMILES string of the molecule is CCOC(=O)c1ccc(N2CCN(CCn3c(-c4ccc(-c5ccc(N6CCCCC6)cc5)cc4)nc4cc(C(=O)OCC)ccc43)CC2)c(N)c1. The van der Waals surface area contributed by atoms with E-state index in [1.54, 1.807) is 19.1 Å². The highest BCUT2D eigenvalue weighted by atomic mass is 16.5. The van der Waals surface area contributed by atoms with Gasteiger partial charge in [-0.05, 0) is 92.8 Å². The van der Waals surface area contributed by atoms with Crippen LogP contribution < -0.4 is 15.5 Å². The molecule has 10 nitrogen and oxygen atoms in total. The number of ether oxygens (including phenoxy) is 2. The Morgan fingerprint density at radius 2 is 1.25 bits per heavy atom. The summed E-state index contributed by atoms with van der Waals surface area (Å²) >= 11 is 0. The van der Waals surface area contributed by atoms with Gasteiger partial charge in [-0.15, -0.1) is 0 Å². The van der Waals surface area contributed by atoms with Crippen LogP contribution in [0, 0.1) is 0 Å². The first-order valence-electron chi connectivity index (χ1n) is 18.6. The molecule has 3 heterocycles. The van der Waals surface area contributed by atoms with E-state index >= 15 is 0 Å². The summed E-state index contributed by atoms with van der Waals surface area (Å²) in [6.07, 6.45) is 3.85. The predicted octanol–water partition coefficient (Wildman–Crippen LogP) is 7.12. The van der Waals surface area contributed by atoms with Crippen molar-refractivity contribution in [1.29, 1.82) is 0 Å². The Hall–Kier alpha value is -5.35. The summed E-state index contributed by atoms with van der Waals surface area (Å²) in [6, 6.07) is 28.6. The summed E-state index contributed by atoms with van der Waals surface area (Å²) in [7, 11) is 0. The summed E-state index contributed by atoms with van der Waals surface area (Å²) < 4.78 is 12.7. The Kier molecular flexibility index (Phi) is 10.7. The van der Waals surface area contributed by atoms with Crippen LogP contribution in [0.25, 0.3) is 33.5 Å². The van der Waals surface area contributed by atoms with Crippen molar-refractivity contribution in [3.8, 4) is 22.5 Å². The number of rotatable bonds is 11. The average Bonchev–Trinajstić information content (AvgIpc) is 3.55. The van der Waals surface area contributed by atoms with Crippen LogP contribution in [0.3, 0.4) is 0 Å². The zero-order chi connectivity index (χ0) is 36.0. The largest absolute Gasteiger partial charge is 0.462 e. The molecular formula is C42H48N6O4. The third-order valence-electron chi connectivity index (χ3n) is 10.2. The minimum Gasteiger partial charge on any atom is -0.462 e. The summed E-state index contributed by atoms with van der Waals surface area (Å²) in [5.41, 5.74) is 15.3. The lowest BCUT2D eigenvalue weighted by Crippen LogP contribution is -2.47. The summed E-state index contributed by atoms with van der Waals surface area (Å²) in [5, 5.41) is 0. The molecule has 0 bridgehead atoms. The van der Waals surface area contributed by atoms with Gasteiger partial charge in [-0.2, -0.15) is 0 Å². The van der Waals surface area contributed by atoms with Crippen LogP contribution in [-0.4, -0.2) is 85.4 Å². The maximum absolute atomic E-state index is 12.6. The van der Waals surface area contributed by atoms with Gasteiger partial charge in [0.2, 0.25) is 0 Å². The second-order valence-electron chi connectivity index (χ2n) is 13.5. The Morgan fingerprint density at radius 3 is 1.88 bits per heavy atom. The number of piperazine rings is 1. The van der Waals surface area contributed by atoms with E-state index in [4.69, 9.17) is 20.2 Å². The second-order valence-corrected chi connectivity index (χ2v) is 13.5. The van der Waals surface area contributed by atoms with Crippen molar-refractivity contribution in [2.75, 3.05) is 74.6 Å². The molecule has 0 atom stereocenters. The van der Waals surface area contributed by atoms with Gasteiger partial charge in [0.15, 0.2) is 0 Å². The van der Waals surface area contributed by atoms with E-state index in [9.17, 15) is 9.59 Å². The zero-order valence-electron chi connectivity index (χ0n) is 30.2. The number of nitrogen functional groups attached to an aromatic ring is 1. The molecule has 0 unspecified atom stereocenters. The number of benzene rings is 4. The number of carbonyl (C=O) groups excluding carboxylic acids is 2. The van der Waals surface area contributed by atoms with Crippen LogP contribution in [-0.2, 0) is 16.0 Å². The van der Waals surface area contributed by atoms with Crippen LogP contribution in [0.5, 0.6) is 0 Å². The first-order valence-corrected chi connectivity index (χ1v) is 18.6. The number of hydrogen-bond acceptors (Lipinski definition) is 9. The second kappa shape index (κ2) is 15.9. The van der Waals surface area contributed by atoms with Crippen molar-refractivity contribution < 1.29 is 19.1 Å². The highest BCUT2D eigenvalue weighted by Gasteiger charge is 2.22. The molecule has 2 N–H and O–H groups in total. The molecule has 0 amide bonds. The number of nitrogens with two attached hydrogens (primary N) is 1. The van der Waals surface area contributed by atoms with Crippen molar-refractivity contribution in [2.24, 2.45) is 0 Å². The zero-order valence-corrected chi connectivity index (χ0v) is 30.2. The minimum absolute atomic E-state index is 0.322. The molecule has 52 heavy (non-hydrogen) atoms. The van der Waals surface area contributed by atoms with E-state index in [0.29, 0.717) is 30.0 Å². The highest BCUT2D eigenvalue weighted by Crippen LogP contribution is 2.31. The van der Waals surface area contributed by atoms with E-state index in [1.165, 1.54) is 30.5 Å². The summed E-state index contributed by atoms with van der Waals surface area (Å²) in [5.74, 6) is 0.171. The molecule has 5 aromatic rings. The standard InChI is InChI=1S/C42H48N6O4/c1-3-51-41(49)33-14-18-38(36(43)28-33)47-25-22-45(23-26-47)24-27-48-39-19-15-34(42(50)52-4-2)29-37(39)44-40(48)32-10-8-30(9-11-32)31-12-16-35(17-13-31)46-20-6-5-7-21-46/h8-19,28-29H,3-7,20-27,43H2,1-2H3. The molecule has 2 aliphatic heterocycles. The van der Waals surface area contributed by atoms with Crippen molar-refractivity contribution in [3.63, 3.8) is 0 Å². The molecule has 2 saturated heterocycles. The van der Waals surface area contributed by atoms with Crippen molar-refractivity contribution >= 4 is 40.0 Å². The molecule has 0 spiro atoms. The fourth-order valence-electron chi connectivity index (χ4n) is 7.38. The monoisotopic (exact) mass is 700 g/mol. The van der Waals surface area contributed by atoms with Crippen LogP contribution in [0.1, 0.15) is 53.8 Å². The van der Waals surface area contributed by atoms with E-state index in [1.807, 2.05) is 31.2 Å². The van der Waals surface area contributed by atoms with E-state index in [-0.39, 0.29) is 11.9 Å². The number of fused-ring (bicyclic) bond motifs is 1. The van der Waals surface area contributed by atoms with Gasteiger partial charge in [0.1, 0.15) is 5.82 Å². The fraction of sp³-hybridized carbons (Fsp3) is 0.357. The number of piperidine rings is 1. The molecular weight excluding hydrogens is 652 g/mol. The first kappa shape index (κ1) is 35.1. The van der Waals surface area contributed by atoms with Crippen LogP contribution >= 0.6 is 0 Å². The first-order chi connectivity index (χ1) is 25.4. The third kappa shape index (κ3) is 7.62. The molecule has 1 aromatic heterocycles. The fourth-order valence-corrected chi connectivity index (χ4v) is 7.38. The Bertz CT molecular complexity index is 2010. The number of nitrogens with zero attached hydrogens (tertiary/aromatic N) is 5. The number of imidazole rings is 1. The lowest BCUT2D eigenvalue weighted by atomic mass is 10.0. The molecule has 10 heteroatoms. The van der Waals surface area contributed by atoms with Gasteiger partial charge in [-0.25, -0.2) is 14.6 Å². The van der Waals surface area contributed by atoms with Crippen molar-refractivity contribution in [2.45, 2.75) is 39.7 Å². The van der Waals surface area contributed by atoms with Gasteiger partial charge in [0, 0.05) is 63.6 Å². The number of carbonyl (C=O) groups is 2. The van der Waals surface area contributed by atoms with E-state index in [0.717, 1.165) is 86.0 Å². The van der Waals surface area contributed by atoms with Crippen LogP contribution in [0.4, 0.5) is 17.1 Å². The van der Waals surface area contributed by atoms with Gasteiger partial charge < -0.3 is 29.6 Å². The highest BCUT2D eigenvalue weighted by molar-refractivity contribution is 5.94. The number of esters is 2. The Morgan fingerprint density at radius 1 is 0.654 bits per heavy atom. The van der Waals surface area contributed by atoms with Gasteiger partial charge in [0.25, 0.3) is 0 Å². The predicted molar refractivity (Wildman–Crippen MR) is 208 cm³/mol. The van der Waals surface area contributed by atoms with E-state index < -0.39 is 0 Å². The van der Waals surface area contributed by atoms with E-state index in [2.05, 4.69) is 67.8 Å². The molecule has 2 fully saturated rings. The molecule has 270 valence electrons. The quantitative estimate of drug-likeness (QED) is 0.114. The van der Waals surface area contributed by atoms with Gasteiger partial charge in [0.05, 0.1) is 46.7 Å². The summed E-state index contributed by atoms with van der Waals surface area (Å²) in [4.78, 5) is 37.1. The molecule has 2 aliphatic rings. The number of aromatic nitrogens is 2. The summed E-state index contributed by atoms with van der Waals surface area (Å²) in [6.45, 7) is 11.5. The van der Waals surface area contributed by atoms with Crippen molar-refractivity contribution in [1.82, 2.24) is 14.5 Å². The Balaban J connectivity index is 1.08. The normalized spacial score (nSPS) is 15.2. The van der Waals surface area contributed by atoms with Crippen LogP contribution in [0.15, 0.2) is 84.9 Å². The maximum Gasteiger partial charge on any atom is 0.338 e. The Labute approximate surface area is 305 Å². The number of hydrogen-bond donors (Lipinski definition) is 1. The average molecular weight is 701 g/mol. The molecule has 0 radical (unpaired) electrons. The van der Waals surface area contributed by atoms with Crippen LogP contribution in [0.2, 0.25) is 0 Å². The lowest BCUT2D eigenvalue weighted by molar-refractivity contribution is 0.0517. The van der Waals surface area contributed by atoms with Gasteiger partial charge in [-0.3, -0.25) is 4.90 Å². The smallest absolute Gasteiger partial charge is 0.338 e. The molecule has 7 rings (SSSR count). The molecule has 0 aliphatic carbocycles. The minimum atomic E-state index is -0.358. The number of anilines is 3. The topological polar surface area (TPSA) is 106 Å². The molecule has 0 saturated carbocycles. The maximum atomic E-state index is 12.6. The van der Waals surface area contributed by atoms with Gasteiger partial charge >= 0.3 is 11.9 Å².